The summed E-state index contributed by atoms with van der Waals surface area (Å²) in [6.45, 7) is 1.69. The number of benzene rings is 2. The standard InChI is InChI=1S/C23H19NO5/c25-19-15-6-2-1-5-14(15)13-22(19)18-16-7-3-4-8-17(16)29-21(27)23(18,22)20(26)24-9-11-28-12-10-24/h1-8,18H,9-13H2/t18-,22-,23+/m0/s1. The third kappa shape index (κ3) is 1.83. The Morgan fingerprint density at radius 3 is 2.52 bits per heavy atom. The molecule has 0 unspecified atom stereocenters. The SMILES string of the molecule is O=C1Oc2ccccc2[C@@H]2[C@]1(C(=O)N1CCOCC1)[C@@]21Cc2ccccc2C1=O. The average molecular weight is 389 g/mol. The maximum atomic E-state index is 13.8. The van der Waals surface area contributed by atoms with Crippen LogP contribution < -0.4 is 4.74 Å². The van der Waals surface area contributed by atoms with E-state index < -0.39 is 22.7 Å². The number of rotatable bonds is 1. The molecule has 6 nitrogen and oxygen atoms in total. The predicted molar refractivity (Wildman–Crippen MR) is 102 cm³/mol. The van der Waals surface area contributed by atoms with Crippen LogP contribution in [-0.4, -0.2) is 48.9 Å². The van der Waals surface area contributed by atoms with Gasteiger partial charge in [0.2, 0.25) is 5.91 Å². The first kappa shape index (κ1) is 16.9. The molecule has 2 aromatic carbocycles. The van der Waals surface area contributed by atoms with Crippen LogP contribution >= 0.6 is 0 Å². The summed E-state index contributed by atoms with van der Waals surface area (Å²) >= 11 is 0. The number of carbonyl (C=O) groups excluding carboxylic acids is 3. The summed E-state index contributed by atoms with van der Waals surface area (Å²) in [5, 5.41) is 0. The summed E-state index contributed by atoms with van der Waals surface area (Å²) in [4.78, 5) is 42.6. The van der Waals surface area contributed by atoms with Crippen molar-refractivity contribution >= 4 is 17.7 Å². The van der Waals surface area contributed by atoms with Gasteiger partial charge in [-0.3, -0.25) is 14.4 Å². The fraction of sp³-hybridized carbons (Fsp3) is 0.348. The van der Waals surface area contributed by atoms with Crippen molar-refractivity contribution in [1.29, 1.82) is 0 Å². The van der Waals surface area contributed by atoms with Crippen LogP contribution in [0.1, 0.15) is 27.4 Å². The van der Waals surface area contributed by atoms with Crippen LogP contribution in [-0.2, 0) is 20.7 Å². The number of carbonyl (C=O) groups is 3. The minimum atomic E-state index is -1.49. The largest absolute Gasteiger partial charge is 0.425 e. The number of Topliss-reactive ketones (excluding diaryl/α,β-unsaturated/α-hetero) is 1. The molecular weight excluding hydrogens is 370 g/mol. The number of nitrogens with zero attached hydrogens (tertiary/aromatic N) is 1. The predicted octanol–water partition coefficient (Wildman–Crippen LogP) is 1.97. The zero-order valence-corrected chi connectivity index (χ0v) is 15.7. The van der Waals surface area contributed by atoms with Gasteiger partial charge in [0.05, 0.1) is 18.6 Å². The second kappa shape index (κ2) is 5.54. The Labute approximate surface area is 167 Å². The summed E-state index contributed by atoms with van der Waals surface area (Å²) < 4.78 is 11.0. The van der Waals surface area contributed by atoms with Gasteiger partial charge < -0.3 is 14.4 Å². The fourth-order valence-electron chi connectivity index (χ4n) is 5.81. The number of morpholine rings is 1. The summed E-state index contributed by atoms with van der Waals surface area (Å²) in [6.07, 6.45) is 0.381. The van der Waals surface area contributed by atoms with E-state index in [4.69, 9.17) is 9.47 Å². The lowest BCUT2D eigenvalue weighted by atomic mass is 9.87. The van der Waals surface area contributed by atoms with Gasteiger partial charge >= 0.3 is 5.97 Å². The maximum Gasteiger partial charge on any atom is 0.328 e. The Hall–Kier alpha value is -2.99. The second-order valence-corrected chi connectivity index (χ2v) is 8.21. The molecule has 29 heavy (non-hydrogen) atoms. The van der Waals surface area contributed by atoms with Gasteiger partial charge in [0.15, 0.2) is 11.2 Å². The Balaban J connectivity index is 1.56. The number of ketones is 1. The van der Waals surface area contributed by atoms with Gasteiger partial charge in [0.25, 0.3) is 0 Å². The summed E-state index contributed by atoms with van der Waals surface area (Å²) in [6, 6.07) is 14.7. The summed E-state index contributed by atoms with van der Waals surface area (Å²) in [5.41, 5.74) is -0.313. The van der Waals surface area contributed by atoms with Crippen molar-refractivity contribution < 1.29 is 23.9 Å². The van der Waals surface area contributed by atoms with Crippen LogP contribution in [0.5, 0.6) is 5.75 Å². The first-order valence-electron chi connectivity index (χ1n) is 9.93. The Morgan fingerprint density at radius 2 is 1.72 bits per heavy atom. The molecule has 6 rings (SSSR count). The molecule has 146 valence electrons. The van der Waals surface area contributed by atoms with Crippen LogP contribution in [0.4, 0.5) is 0 Å². The molecule has 2 aliphatic carbocycles. The first-order chi connectivity index (χ1) is 14.1. The Morgan fingerprint density at radius 1 is 1.00 bits per heavy atom. The zero-order chi connectivity index (χ0) is 19.8. The lowest BCUT2D eigenvalue weighted by molar-refractivity contribution is -0.156. The smallest absolute Gasteiger partial charge is 0.328 e. The lowest BCUT2D eigenvalue weighted by Gasteiger charge is -2.32. The molecule has 6 heteroatoms. The summed E-state index contributed by atoms with van der Waals surface area (Å²) in [7, 11) is 0. The van der Waals surface area contributed by atoms with Crippen LogP contribution in [0.2, 0.25) is 0 Å². The highest BCUT2D eigenvalue weighted by Crippen LogP contribution is 2.81. The van der Waals surface area contributed by atoms with Crippen molar-refractivity contribution in [1.82, 2.24) is 4.90 Å². The third-order valence-electron chi connectivity index (χ3n) is 7.07. The minimum absolute atomic E-state index is 0.117. The second-order valence-electron chi connectivity index (χ2n) is 8.21. The molecule has 2 fully saturated rings. The van der Waals surface area contributed by atoms with Crippen LogP contribution in [0.25, 0.3) is 0 Å². The Kier molecular flexibility index (Phi) is 3.23. The molecule has 0 radical (unpaired) electrons. The highest BCUT2D eigenvalue weighted by molar-refractivity contribution is 6.23. The number of fused-ring (bicyclic) bond motifs is 6. The van der Waals surface area contributed by atoms with E-state index in [1.54, 1.807) is 23.1 Å². The van der Waals surface area contributed by atoms with E-state index in [1.165, 1.54) is 0 Å². The van der Waals surface area contributed by atoms with E-state index in [0.29, 0.717) is 44.0 Å². The molecule has 1 saturated carbocycles. The van der Waals surface area contributed by atoms with Gasteiger partial charge in [0, 0.05) is 30.1 Å². The van der Waals surface area contributed by atoms with Gasteiger partial charge in [-0.2, -0.15) is 0 Å². The number of ether oxygens (including phenoxy) is 2. The molecule has 0 bridgehead atoms. The summed E-state index contributed by atoms with van der Waals surface area (Å²) in [5.74, 6) is -1.06. The molecule has 4 aliphatic rings. The fourth-order valence-corrected chi connectivity index (χ4v) is 5.81. The van der Waals surface area contributed by atoms with E-state index in [-0.39, 0.29) is 11.7 Å². The van der Waals surface area contributed by atoms with Gasteiger partial charge in [0.1, 0.15) is 5.75 Å². The molecule has 0 aromatic heterocycles. The number of hydrogen-bond acceptors (Lipinski definition) is 5. The minimum Gasteiger partial charge on any atom is -0.425 e. The quantitative estimate of drug-likeness (QED) is 0.424. The number of para-hydroxylation sites is 1. The van der Waals surface area contributed by atoms with Crippen molar-refractivity contribution in [2.24, 2.45) is 10.8 Å². The highest BCUT2D eigenvalue weighted by atomic mass is 16.5. The van der Waals surface area contributed by atoms with E-state index in [0.717, 1.165) is 11.1 Å². The molecule has 0 N–H and O–H groups in total. The molecule has 2 heterocycles. The molecule has 3 atom stereocenters. The Bertz CT molecular complexity index is 1090. The first-order valence-corrected chi connectivity index (χ1v) is 9.93. The highest BCUT2D eigenvalue weighted by Gasteiger charge is 2.91. The average Bonchev–Trinajstić information content (AvgIpc) is 3.28. The molecule has 2 aliphatic heterocycles. The molecule has 2 aromatic rings. The van der Waals surface area contributed by atoms with Gasteiger partial charge in [-0.25, -0.2) is 0 Å². The number of hydrogen-bond donors (Lipinski definition) is 0. The molecular formula is C23H19NO5. The van der Waals surface area contributed by atoms with Crippen LogP contribution in [0.15, 0.2) is 48.5 Å². The van der Waals surface area contributed by atoms with Gasteiger partial charge in [-0.05, 0) is 18.1 Å². The van der Waals surface area contributed by atoms with E-state index >= 15 is 0 Å². The molecule has 1 amide bonds. The van der Waals surface area contributed by atoms with E-state index in [9.17, 15) is 14.4 Å². The van der Waals surface area contributed by atoms with E-state index in [1.807, 2.05) is 30.3 Å². The van der Waals surface area contributed by atoms with Crippen molar-refractivity contribution in [2.45, 2.75) is 12.3 Å². The normalized spacial score (nSPS) is 31.7. The number of amides is 1. The monoisotopic (exact) mass is 389 g/mol. The van der Waals surface area contributed by atoms with Crippen LogP contribution in [0, 0.1) is 10.8 Å². The molecule has 1 spiro atoms. The van der Waals surface area contributed by atoms with Crippen molar-refractivity contribution in [3.8, 4) is 5.75 Å². The van der Waals surface area contributed by atoms with E-state index in [2.05, 4.69) is 0 Å². The third-order valence-corrected chi connectivity index (χ3v) is 7.07. The maximum absolute atomic E-state index is 13.8. The molecule has 1 saturated heterocycles. The topological polar surface area (TPSA) is 72.9 Å². The lowest BCUT2D eigenvalue weighted by Crippen LogP contribution is -2.51. The van der Waals surface area contributed by atoms with Crippen molar-refractivity contribution in [3.63, 3.8) is 0 Å². The van der Waals surface area contributed by atoms with Gasteiger partial charge in [-0.15, -0.1) is 0 Å². The number of esters is 1. The van der Waals surface area contributed by atoms with Gasteiger partial charge in [-0.1, -0.05) is 42.5 Å². The van der Waals surface area contributed by atoms with Crippen LogP contribution in [0.3, 0.4) is 0 Å². The van der Waals surface area contributed by atoms with Crippen molar-refractivity contribution in [3.05, 3.63) is 65.2 Å². The van der Waals surface area contributed by atoms with Crippen molar-refractivity contribution in [2.75, 3.05) is 26.3 Å². The zero-order valence-electron chi connectivity index (χ0n) is 15.7.